The fourth-order valence-electron chi connectivity index (χ4n) is 5.23. The number of rotatable bonds is 11. The molecule has 1 saturated carbocycles. The normalized spacial score (nSPS) is 14.7. The number of amides is 2. The summed E-state index contributed by atoms with van der Waals surface area (Å²) in [5.74, 6) is -0.703. The summed E-state index contributed by atoms with van der Waals surface area (Å²) in [4.78, 5) is 29.6. The van der Waals surface area contributed by atoms with Crippen molar-refractivity contribution in [2.45, 2.75) is 64.1 Å². The Morgan fingerprint density at radius 2 is 1.61 bits per heavy atom. The van der Waals surface area contributed by atoms with E-state index in [4.69, 9.17) is 11.6 Å². The zero-order chi connectivity index (χ0) is 29.4. The minimum atomic E-state index is -3.84. The van der Waals surface area contributed by atoms with Gasteiger partial charge < -0.3 is 10.2 Å². The molecule has 0 radical (unpaired) electrons. The van der Waals surface area contributed by atoms with Crippen LogP contribution in [0.15, 0.2) is 78.9 Å². The third kappa shape index (κ3) is 8.81. The zero-order valence-corrected chi connectivity index (χ0v) is 25.2. The number of sulfonamides is 1. The maximum absolute atomic E-state index is 14.2. The van der Waals surface area contributed by atoms with Gasteiger partial charge in [0.15, 0.2) is 0 Å². The van der Waals surface area contributed by atoms with Crippen LogP contribution < -0.4 is 9.62 Å². The molecule has 218 valence electrons. The number of benzene rings is 3. The fraction of sp³-hybridized carbons (Fsp3) is 0.375. The monoisotopic (exact) mass is 595 g/mol. The molecule has 1 N–H and O–H groups in total. The quantitative estimate of drug-likeness (QED) is 0.317. The predicted octanol–water partition coefficient (Wildman–Crippen LogP) is 5.50. The number of hydrogen-bond donors (Lipinski definition) is 1. The lowest BCUT2D eigenvalue weighted by atomic mass is 9.94. The van der Waals surface area contributed by atoms with Crippen LogP contribution in [0.3, 0.4) is 0 Å². The number of hydrogen-bond acceptors (Lipinski definition) is 4. The van der Waals surface area contributed by atoms with Crippen molar-refractivity contribution in [3.63, 3.8) is 0 Å². The molecule has 0 spiro atoms. The van der Waals surface area contributed by atoms with E-state index in [0.717, 1.165) is 59.4 Å². The van der Waals surface area contributed by atoms with Gasteiger partial charge >= 0.3 is 0 Å². The summed E-state index contributed by atoms with van der Waals surface area (Å²) in [7, 11) is -3.84. The van der Waals surface area contributed by atoms with Crippen LogP contribution in [0.25, 0.3) is 0 Å². The fourth-order valence-corrected chi connectivity index (χ4v) is 6.26. The first kappa shape index (κ1) is 30.6. The van der Waals surface area contributed by atoms with Crippen molar-refractivity contribution in [1.29, 1.82) is 0 Å². The van der Waals surface area contributed by atoms with Crippen LogP contribution in [0.4, 0.5) is 5.69 Å². The van der Waals surface area contributed by atoms with Crippen molar-refractivity contribution in [2.75, 3.05) is 17.1 Å². The average molecular weight is 596 g/mol. The summed E-state index contributed by atoms with van der Waals surface area (Å²) in [5, 5.41) is 3.57. The number of anilines is 1. The topological polar surface area (TPSA) is 86.8 Å². The Kier molecular flexibility index (Phi) is 10.5. The van der Waals surface area contributed by atoms with Crippen LogP contribution >= 0.6 is 11.6 Å². The van der Waals surface area contributed by atoms with E-state index in [-0.39, 0.29) is 24.2 Å². The van der Waals surface area contributed by atoms with Gasteiger partial charge in [-0.1, -0.05) is 97.1 Å². The second kappa shape index (κ2) is 14.0. The van der Waals surface area contributed by atoms with E-state index in [2.05, 4.69) is 5.32 Å². The molecular formula is C32H38ClN3O4S. The van der Waals surface area contributed by atoms with Crippen LogP contribution in [-0.2, 0) is 32.6 Å². The third-order valence-electron chi connectivity index (χ3n) is 7.47. The number of aryl methyl sites for hydroxylation is 1. The van der Waals surface area contributed by atoms with Crippen LogP contribution in [-0.4, -0.2) is 50.0 Å². The molecule has 3 aromatic rings. The van der Waals surface area contributed by atoms with E-state index in [1.807, 2.05) is 61.5 Å². The minimum Gasteiger partial charge on any atom is -0.352 e. The smallest absolute Gasteiger partial charge is 0.244 e. The van der Waals surface area contributed by atoms with Crippen LogP contribution in [0.5, 0.6) is 0 Å². The molecule has 1 aliphatic rings. The molecule has 2 amide bonds. The lowest BCUT2D eigenvalue weighted by Gasteiger charge is -2.35. The molecule has 9 heteroatoms. The molecule has 1 atom stereocenters. The highest BCUT2D eigenvalue weighted by molar-refractivity contribution is 7.92. The molecule has 0 bridgehead atoms. The second-order valence-electron chi connectivity index (χ2n) is 10.8. The van der Waals surface area contributed by atoms with Crippen molar-refractivity contribution < 1.29 is 18.0 Å². The Hall–Kier alpha value is -3.36. The average Bonchev–Trinajstić information content (AvgIpc) is 2.95. The summed E-state index contributed by atoms with van der Waals surface area (Å²) in [6.07, 6.45) is 6.45. The Balaban J connectivity index is 1.71. The first-order chi connectivity index (χ1) is 19.6. The van der Waals surface area contributed by atoms with Gasteiger partial charge in [0.1, 0.15) is 12.6 Å². The maximum atomic E-state index is 14.2. The first-order valence-electron chi connectivity index (χ1n) is 14.0. The summed E-state index contributed by atoms with van der Waals surface area (Å²) in [6, 6.07) is 23.0. The van der Waals surface area contributed by atoms with Gasteiger partial charge in [-0.15, -0.1) is 0 Å². The molecule has 1 aliphatic carbocycles. The van der Waals surface area contributed by atoms with Gasteiger partial charge in [0.05, 0.1) is 11.9 Å². The lowest BCUT2D eigenvalue weighted by molar-refractivity contribution is -0.140. The summed E-state index contributed by atoms with van der Waals surface area (Å²) < 4.78 is 26.8. The van der Waals surface area contributed by atoms with Crippen molar-refractivity contribution >= 4 is 39.1 Å². The molecule has 41 heavy (non-hydrogen) atoms. The number of halogens is 1. The highest BCUT2D eigenvalue weighted by atomic mass is 35.5. The van der Waals surface area contributed by atoms with Gasteiger partial charge in [-0.2, -0.15) is 0 Å². The van der Waals surface area contributed by atoms with Crippen LogP contribution in [0.1, 0.15) is 48.8 Å². The molecule has 0 aromatic heterocycles. The molecule has 0 saturated heterocycles. The van der Waals surface area contributed by atoms with E-state index in [1.54, 1.807) is 18.2 Å². The van der Waals surface area contributed by atoms with E-state index in [0.29, 0.717) is 11.4 Å². The maximum Gasteiger partial charge on any atom is 0.244 e. The Labute approximate surface area is 248 Å². The number of carbonyl (C=O) groups is 2. The van der Waals surface area contributed by atoms with Gasteiger partial charge in [0.2, 0.25) is 21.8 Å². The number of nitrogens with zero attached hydrogens (tertiary/aromatic N) is 2. The van der Waals surface area contributed by atoms with Gasteiger partial charge in [-0.3, -0.25) is 13.9 Å². The second-order valence-corrected chi connectivity index (χ2v) is 13.1. The van der Waals surface area contributed by atoms with Gasteiger partial charge in [-0.05, 0) is 49.1 Å². The molecule has 3 aromatic carbocycles. The van der Waals surface area contributed by atoms with Crippen LogP contribution in [0, 0.1) is 6.92 Å². The largest absolute Gasteiger partial charge is 0.352 e. The zero-order valence-electron chi connectivity index (χ0n) is 23.6. The van der Waals surface area contributed by atoms with E-state index in [1.165, 1.54) is 11.0 Å². The Morgan fingerprint density at radius 1 is 0.927 bits per heavy atom. The minimum absolute atomic E-state index is 0.0600. The summed E-state index contributed by atoms with van der Waals surface area (Å²) >= 11 is 6.16. The van der Waals surface area contributed by atoms with Gasteiger partial charge in [0.25, 0.3) is 0 Å². The molecule has 1 fully saturated rings. The standard InChI is InChI=1S/C32H38ClN3O4S/c1-24-16-18-26(19-17-24)22-35(31(37)23-36(41(2,39)40)29-15-9-12-27(33)21-29)30(20-25-10-5-3-6-11-25)32(38)34-28-13-7-4-8-14-28/h3,5-6,9-12,15-19,21,28,30H,4,7-8,13-14,20,22-23H2,1-2H3,(H,34,38). The molecule has 0 aliphatic heterocycles. The summed E-state index contributed by atoms with van der Waals surface area (Å²) in [6.45, 7) is 1.67. The van der Waals surface area contributed by atoms with E-state index in [9.17, 15) is 18.0 Å². The highest BCUT2D eigenvalue weighted by Crippen LogP contribution is 2.24. The van der Waals surface area contributed by atoms with Crippen molar-refractivity contribution in [2.24, 2.45) is 0 Å². The van der Waals surface area contributed by atoms with E-state index >= 15 is 0 Å². The Morgan fingerprint density at radius 3 is 2.24 bits per heavy atom. The Bertz CT molecular complexity index is 1420. The SMILES string of the molecule is Cc1ccc(CN(C(=O)CN(c2cccc(Cl)c2)S(C)(=O)=O)C(Cc2ccccc2)C(=O)NC2CCCCC2)cc1. The van der Waals surface area contributed by atoms with E-state index < -0.39 is 28.5 Å². The predicted molar refractivity (Wildman–Crippen MR) is 164 cm³/mol. The molecule has 1 unspecified atom stereocenters. The van der Waals surface area contributed by atoms with Gasteiger partial charge in [-0.25, -0.2) is 8.42 Å². The van der Waals surface area contributed by atoms with Crippen molar-refractivity contribution in [1.82, 2.24) is 10.2 Å². The van der Waals surface area contributed by atoms with Crippen molar-refractivity contribution in [3.05, 3.63) is 101 Å². The van der Waals surface area contributed by atoms with Crippen molar-refractivity contribution in [3.8, 4) is 0 Å². The molecule has 7 nitrogen and oxygen atoms in total. The lowest BCUT2D eigenvalue weighted by Crippen LogP contribution is -2.55. The molecular weight excluding hydrogens is 558 g/mol. The molecule has 4 rings (SSSR count). The first-order valence-corrected chi connectivity index (χ1v) is 16.3. The third-order valence-corrected chi connectivity index (χ3v) is 8.85. The van der Waals surface area contributed by atoms with Gasteiger partial charge in [0, 0.05) is 24.0 Å². The number of carbonyl (C=O) groups excluding carboxylic acids is 2. The number of nitrogens with one attached hydrogen (secondary N) is 1. The van der Waals surface area contributed by atoms with Crippen LogP contribution in [0.2, 0.25) is 5.02 Å². The highest BCUT2D eigenvalue weighted by Gasteiger charge is 2.34. The summed E-state index contributed by atoms with van der Waals surface area (Å²) in [5.41, 5.74) is 3.12. The molecule has 0 heterocycles.